The predicted molar refractivity (Wildman–Crippen MR) is 308 cm³/mol. The van der Waals surface area contributed by atoms with Gasteiger partial charge in [0.25, 0.3) is 0 Å². The smallest absolute Gasteiger partial charge is 0.164 e. The maximum Gasteiger partial charge on any atom is 0.164 e. The third-order valence-electron chi connectivity index (χ3n) is 14.9. The van der Waals surface area contributed by atoms with Crippen LogP contribution in [-0.2, 0) is 0 Å². The lowest BCUT2D eigenvalue weighted by molar-refractivity contribution is 1.08. The van der Waals surface area contributed by atoms with Gasteiger partial charge in [-0.25, -0.2) is 15.0 Å². The van der Waals surface area contributed by atoms with Crippen molar-refractivity contribution in [2.75, 3.05) is 0 Å². The molecule has 0 radical (unpaired) electrons. The van der Waals surface area contributed by atoms with Crippen molar-refractivity contribution < 1.29 is 0 Å². The highest BCUT2D eigenvalue weighted by atomic mass is 15.0. The van der Waals surface area contributed by atoms with Crippen molar-refractivity contribution in [1.82, 2.24) is 24.1 Å². The number of hydrogen-bond acceptors (Lipinski definition) is 3. The van der Waals surface area contributed by atoms with E-state index >= 15 is 0 Å². The minimum atomic E-state index is 0.589. The van der Waals surface area contributed by atoms with Gasteiger partial charge in [0.05, 0.1) is 22.1 Å². The van der Waals surface area contributed by atoms with Gasteiger partial charge in [0.2, 0.25) is 0 Å². The maximum atomic E-state index is 5.61. The highest BCUT2D eigenvalue weighted by molar-refractivity contribution is 6.23. The van der Waals surface area contributed by atoms with Crippen molar-refractivity contribution in [1.29, 1.82) is 0 Å². The Bertz CT molecular complexity index is 4720. The molecular weight excluding hydrogens is 899 g/mol. The van der Waals surface area contributed by atoms with Gasteiger partial charge in [-0.05, 0) is 121 Å². The van der Waals surface area contributed by atoms with Gasteiger partial charge >= 0.3 is 0 Å². The maximum absolute atomic E-state index is 5.61. The summed E-state index contributed by atoms with van der Waals surface area (Å²) in [5.74, 6) is 1.80. The molecule has 0 atom stereocenters. The molecule has 0 unspecified atom stereocenters. The molecule has 0 saturated heterocycles. The van der Waals surface area contributed by atoms with E-state index in [2.05, 4.69) is 270 Å². The Kier molecular flexibility index (Phi) is 9.50. The molecule has 3 aromatic heterocycles. The summed E-state index contributed by atoms with van der Waals surface area (Å²) in [4.78, 5) is 16.6. The summed E-state index contributed by atoms with van der Waals surface area (Å²) in [5, 5.41) is 11.8. The summed E-state index contributed by atoms with van der Waals surface area (Å²) in [6.07, 6.45) is 0. The van der Waals surface area contributed by atoms with Crippen LogP contribution in [0.1, 0.15) is 0 Å². The molecule has 0 fully saturated rings. The van der Waals surface area contributed by atoms with E-state index in [0.29, 0.717) is 17.5 Å². The van der Waals surface area contributed by atoms with E-state index in [1.807, 2.05) is 0 Å². The summed E-state index contributed by atoms with van der Waals surface area (Å²) < 4.78 is 4.79. The van der Waals surface area contributed by atoms with Crippen molar-refractivity contribution >= 4 is 75.9 Å². The minimum absolute atomic E-state index is 0.589. The Morgan fingerprint density at radius 1 is 0.230 bits per heavy atom. The Morgan fingerprint density at radius 2 is 0.797 bits per heavy atom. The van der Waals surface area contributed by atoms with Crippen LogP contribution in [-0.4, -0.2) is 24.1 Å². The fraction of sp³-hybridized carbons (Fsp3) is 0. The number of hydrogen-bond donors (Lipinski definition) is 0. The van der Waals surface area contributed by atoms with Gasteiger partial charge in [-0.15, -0.1) is 0 Å². The van der Waals surface area contributed by atoms with Gasteiger partial charge in [-0.3, -0.25) is 0 Å². The van der Waals surface area contributed by atoms with E-state index in [-0.39, 0.29) is 0 Å². The van der Waals surface area contributed by atoms with Crippen LogP contribution in [0, 0.1) is 0 Å². The van der Waals surface area contributed by atoms with Crippen molar-refractivity contribution in [3.05, 3.63) is 261 Å². The number of para-hydroxylation sites is 2. The number of rotatable bonds is 7. The van der Waals surface area contributed by atoms with E-state index in [1.165, 1.54) is 32.3 Å². The molecule has 5 nitrogen and oxygen atoms in total. The molecule has 0 N–H and O–H groups in total. The van der Waals surface area contributed by atoms with Crippen LogP contribution >= 0.6 is 0 Å². The van der Waals surface area contributed by atoms with E-state index in [1.54, 1.807) is 0 Å². The lowest BCUT2D eigenvalue weighted by Crippen LogP contribution is -2.03. The third-order valence-corrected chi connectivity index (χ3v) is 14.9. The van der Waals surface area contributed by atoms with Gasteiger partial charge < -0.3 is 9.13 Å². The normalized spacial score (nSPS) is 11.8. The molecule has 0 spiro atoms. The summed E-state index contributed by atoms with van der Waals surface area (Å²) in [7, 11) is 0. The second-order valence-corrected chi connectivity index (χ2v) is 19.1. The predicted octanol–water partition coefficient (Wildman–Crippen LogP) is 17.9. The van der Waals surface area contributed by atoms with Gasteiger partial charge in [0, 0.05) is 49.6 Å². The molecule has 0 aliphatic heterocycles. The number of fused-ring (bicyclic) bond motifs is 10. The van der Waals surface area contributed by atoms with Crippen LogP contribution in [0.25, 0.3) is 144 Å². The Balaban J connectivity index is 1.03. The molecule has 0 aliphatic carbocycles. The van der Waals surface area contributed by atoms with Crippen LogP contribution in [0.5, 0.6) is 0 Å². The Morgan fingerprint density at radius 3 is 1.61 bits per heavy atom. The zero-order valence-corrected chi connectivity index (χ0v) is 40.1. The zero-order valence-electron chi connectivity index (χ0n) is 40.1. The standard InChI is InChI=1S/C69H43N5/c1-3-19-45(20-4-1)53-27-13-14-29-55(53)59-43-52(74-63-39-36-46-21-11-12-28-54(46)65(63)60-41-48-23-9-10-24-49(48)42-64(60)74)37-38-56(59)68-70-67(50-35-34-44-18-7-8-22-47(44)40-50)71-69(72-68)58-31-17-33-62-66(58)57-30-15-16-32-61(57)73(62)51-25-5-2-6-26-51/h1-43H. The molecule has 344 valence electrons. The fourth-order valence-corrected chi connectivity index (χ4v) is 11.6. The first-order valence-electron chi connectivity index (χ1n) is 25.2. The molecule has 12 aromatic carbocycles. The van der Waals surface area contributed by atoms with Crippen LogP contribution in [0.3, 0.4) is 0 Å². The molecule has 0 amide bonds. The summed E-state index contributed by atoms with van der Waals surface area (Å²) in [6, 6.07) is 93.6. The molecule has 3 heterocycles. The number of nitrogens with zero attached hydrogens (tertiary/aromatic N) is 5. The highest BCUT2D eigenvalue weighted by Crippen LogP contribution is 2.44. The SMILES string of the molecule is c1ccc(-c2ccccc2-c2cc(-n3c4cc5ccccc5cc4c4c5ccccc5ccc43)ccc2-c2nc(-c3ccc4ccccc4c3)nc(-c3cccc4c3c3ccccc3n4-c3ccccc3)n2)cc1. The summed E-state index contributed by atoms with van der Waals surface area (Å²) in [6.45, 7) is 0. The molecule has 0 bridgehead atoms. The fourth-order valence-electron chi connectivity index (χ4n) is 11.6. The van der Waals surface area contributed by atoms with Gasteiger partial charge in [-0.2, -0.15) is 0 Å². The van der Waals surface area contributed by atoms with Crippen LogP contribution < -0.4 is 0 Å². The van der Waals surface area contributed by atoms with Crippen molar-refractivity contribution in [2.24, 2.45) is 0 Å². The molecule has 0 aliphatic rings. The zero-order chi connectivity index (χ0) is 48.7. The van der Waals surface area contributed by atoms with E-state index in [0.717, 1.165) is 93.9 Å². The minimum Gasteiger partial charge on any atom is -0.309 e. The average molecular weight is 942 g/mol. The average Bonchev–Trinajstić information content (AvgIpc) is 4.02. The third kappa shape index (κ3) is 6.68. The highest BCUT2D eigenvalue weighted by Gasteiger charge is 2.24. The van der Waals surface area contributed by atoms with Gasteiger partial charge in [0.15, 0.2) is 17.5 Å². The lowest BCUT2D eigenvalue weighted by Gasteiger charge is -2.18. The molecule has 15 rings (SSSR count). The summed E-state index contributed by atoms with van der Waals surface area (Å²) >= 11 is 0. The topological polar surface area (TPSA) is 48.5 Å². The molecule has 0 saturated carbocycles. The summed E-state index contributed by atoms with van der Waals surface area (Å²) in [5.41, 5.74) is 13.7. The first kappa shape index (κ1) is 41.8. The molecule has 5 heteroatoms. The molecule has 74 heavy (non-hydrogen) atoms. The van der Waals surface area contributed by atoms with Crippen molar-refractivity contribution in [3.8, 4) is 67.8 Å². The molecular formula is C69H43N5. The van der Waals surface area contributed by atoms with Crippen LogP contribution in [0.2, 0.25) is 0 Å². The van der Waals surface area contributed by atoms with E-state index in [9.17, 15) is 0 Å². The Hall–Kier alpha value is -9.97. The second kappa shape index (κ2) is 16.8. The molecule has 15 aromatic rings. The van der Waals surface area contributed by atoms with Crippen LogP contribution in [0.4, 0.5) is 0 Å². The van der Waals surface area contributed by atoms with Gasteiger partial charge in [0.1, 0.15) is 0 Å². The second-order valence-electron chi connectivity index (χ2n) is 19.1. The lowest BCUT2D eigenvalue weighted by atomic mass is 9.91. The first-order valence-corrected chi connectivity index (χ1v) is 25.2. The number of benzene rings is 12. The van der Waals surface area contributed by atoms with Crippen molar-refractivity contribution in [3.63, 3.8) is 0 Å². The Labute approximate surface area is 426 Å². The van der Waals surface area contributed by atoms with E-state index < -0.39 is 0 Å². The quantitative estimate of drug-likeness (QED) is 0.160. The van der Waals surface area contributed by atoms with Crippen LogP contribution in [0.15, 0.2) is 261 Å². The number of aromatic nitrogens is 5. The van der Waals surface area contributed by atoms with Crippen molar-refractivity contribution in [2.45, 2.75) is 0 Å². The monoisotopic (exact) mass is 941 g/mol. The van der Waals surface area contributed by atoms with E-state index in [4.69, 9.17) is 15.0 Å². The first-order chi connectivity index (χ1) is 36.7. The largest absolute Gasteiger partial charge is 0.309 e. The van der Waals surface area contributed by atoms with Gasteiger partial charge in [-0.1, -0.05) is 194 Å².